The molecule has 2 unspecified atom stereocenters. The van der Waals surface area contributed by atoms with Crippen LogP contribution in [0.15, 0.2) is 0 Å². The van der Waals surface area contributed by atoms with Gasteiger partial charge in [-0.2, -0.15) is 0 Å². The highest BCUT2D eigenvalue weighted by Gasteiger charge is 2.10. The van der Waals surface area contributed by atoms with Gasteiger partial charge in [-0.05, 0) is 32.1 Å². The number of rotatable bonds is 12. The standard InChI is InChI=1S/C15H26Br2O4/c1-3-12(16)10-14(18)20-8-6-5-7-9-21-15(19)11-13(17)4-2/h12-13H,3-11H2,1-2H3. The molecule has 0 amide bonds. The third-order valence-corrected chi connectivity index (χ3v) is 4.92. The molecule has 21 heavy (non-hydrogen) atoms. The third-order valence-electron chi connectivity index (χ3n) is 2.98. The molecule has 0 aliphatic carbocycles. The molecule has 0 aromatic carbocycles. The number of carbonyl (C=O) groups is 2. The summed E-state index contributed by atoms with van der Waals surface area (Å²) in [4.78, 5) is 23.2. The summed E-state index contributed by atoms with van der Waals surface area (Å²) in [5, 5.41) is 0. The minimum atomic E-state index is -0.159. The fraction of sp³-hybridized carbons (Fsp3) is 0.867. The van der Waals surface area contributed by atoms with Crippen molar-refractivity contribution < 1.29 is 19.1 Å². The zero-order valence-electron chi connectivity index (χ0n) is 12.9. The molecule has 0 radical (unpaired) electrons. The van der Waals surface area contributed by atoms with Gasteiger partial charge >= 0.3 is 11.9 Å². The predicted molar refractivity (Wildman–Crippen MR) is 91.0 cm³/mol. The highest BCUT2D eigenvalue weighted by Crippen LogP contribution is 2.11. The number of ether oxygens (including phenoxy) is 2. The lowest BCUT2D eigenvalue weighted by molar-refractivity contribution is -0.144. The molecule has 0 aliphatic heterocycles. The Labute approximate surface area is 144 Å². The largest absolute Gasteiger partial charge is 0.466 e. The van der Waals surface area contributed by atoms with Crippen molar-refractivity contribution in [2.75, 3.05) is 13.2 Å². The maximum atomic E-state index is 11.4. The number of hydrogen-bond acceptors (Lipinski definition) is 4. The van der Waals surface area contributed by atoms with Crippen LogP contribution in [0.5, 0.6) is 0 Å². The van der Waals surface area contributed by atoms with Crippen LogP contribution in [-0.2, 0) is 19.1 Å². The Hall–Kier alpha value is -0.100. The van der Waals surface area contributed by atoms with Gasteiger partial charge in [0, 0.05) is 9.65 Å². The second kappa shape index (κ2) is 13.6. The Bertz CT molecular complexity index is 269. The molecular weight excluding hydrogens is 404 g/mol. The SMILES string of the molecule is CCC(Br)CC(=O)OCCCCCOC(=O)CC(Br)CC. The summed E-state index contributed by atoms with van der Waals surface area (Å²) in [7, 11) is 0. The molecule has 0 aliphatic rings. The van der Waals surface area contributed by atoms with Crippen LogP contribution in [-0.4, -0.2) is 34.8 Å². The van der Waals surface area contributed by atoms with E-state index in [2.05, 4.69) is 31.9 Å². The van der Waals surface area contributed by atoms with Gasteiger partial charge in [0.05, 0.1) is 26.1 Å². The lowest BCUT2D eigenvalue weighted by atomic mass is 10.2. The average molecular weight is 430 g/mol. The summed E-state index contributed by atoms with van der Waals surface area (Å²) < 4.78 is 10.3. The minimum Gasteiger partial charge on any atom is -0.466 e. The van der Waals surface area contributed by atoms with Crippen molar-refractivity contribution in [1.29, 1.82) is 0 Å². The molecule has 0 aromatic heterocycles. The first-order valence-corrected chi connectivity index (χ1v) is 9.42. The monoisotopic (exact) mass is 428 g/mol. The van der Waals surface area contributed by atoms with Gasteiger partial charge < -0.3 is 9.47 Å². The van der Waals surface area contributed by atoms with Crippen LogP contribution in [0.25, 0.3) is 0 Å². The molecule has 6 heteroatoms. The van der Waals surface area contributed by atoms with Crippen molar-refractivity contribution in [1.82, 2.24) is 0 Å². The molecule has 0 bridgehead atoms. The van der Waals surface area contributed by atoms with E-state index >= 15 is 0 Å². The van der Waals surface area contributed by atoms with Crippen LogP contribution in [0.2, 0.25) is 0 Å². The molecule has 124 valence electrons. The van der Waals surface area contributed by atoms with Crippen molar-refractivity contribution in [3.05, 3.63) is 0 Å². The van der Waals surface area contributed by atoms with E-state index in [1.165, 1.54) is 0 Å². The van der Waals surface area contributed by atoms with Crippen LogP contribution < -0.4 is 0 Å². The number of hydrogen-bond donors (Lipinski definition) is 0. The molecule has 0 spiro atoms. The van der Waals surface area contributed by atoms with E-state index in [9.17, 15) is 9.59 Å². The van der Waals surface area contributed by atoms with Crippen LogP contribution in [0, 0.1) is 0 Å². The Morgan fingerprint density at radius 2 is 1.19 bits per heavy atom. The second-order valence-electron chi connectivity index (χ2n) is 4.92. The zero-order valence-corrected chi connectivity index (χ0v) is 16.1. The van der Waals surface area contributed by atoms with E-state index in [1.54, 1.807) is 0 Å². The van der Waals surface area contributed by atoms with Crippen molar-refractivity contribution in [3.63, 3.8) is 0 Å². The maximum absolute atomic E-state index is 11.4. The number of unbranched alkanes of at least 4 members (excludes halogenated alkanes) is 2. The average Bonchev–Trinajstić information content (AvgIpc) is 2.45. The first-order chi connectivity index (χ1) is 9.99. The van der Waals surface area contributed by atoms with Gasteiger partial charge in [0.1, 0.15) is 0 Å². The summed E-state index contributed by atoms with van der Waals surface area (Å²) in [6.45, 7) is 4.92. The molecule has 0 heterocycles. The Morgan fingerprint density at radius 1 is 0.810 bits per heavy atom. The topological polar surface area (TPSA) is 52.6 Å². The van der Waals surface area contributed by atoms with E-state index in [0.29, 0.717) is 26.1 Å². The van der Waals surface area contributed by atoms with Gasteiger partial charge in [-0.3, -0.25) is 9.59 Å². The summed E-state index contributed by atoms with van der Waals surface area (Å²) in [6, 6.07) is 0. The number of carbonyl (C=O) groups excluding carboxylic acids is 2. The summed E-state index contributed by atoms with van der Waals surface area (Å²) in [5.74, 6) is -0.318. The van der Waals surface area contributed by atoms with Crippen LogP contribution in [0.4, 0.5) is 0 Å². The first-order valence-electron chi connectivity index (χ1n) is 7.58. The Balaban J connectivity index is 3.40. The van der Waals surface area contributed by atoms with Gasteiger partial charge in [-0.25, -0.2) is 0 Å². The molecular formula is C15H26Br2O4. The van der Waals surface area contributed by atoms with E-state index in [4.69, 9.17) is 9.47 Å². The van der Waals surface area contributed by atoms with Crippen molar-refractivity contribution in [3.8, 4) is 0 Å². The zero-order chi connectivity index (χ0) is 16.1. The van der Waals surface area contributed by atoms with Gasteiger partial charge in [0.2, 0.25) is 0 Å². The predicted octanol–water partition coefficient (Wildman–Crippen LogP) is 4.37. The number of alkyl halides is 2. The van der Waals surface area contributed by atoms with E-state index in [1.807, 2.05) is 13.8 Å². The van der Waals surface area contributed by atoms with Gasteiger partial charge in [0.25, 0.3) is 0 Å². The van der Waals surface area contributed by atoms with Crippen molar-refractivity contribution in [2.24, 2.45) is 0 Å². The van der Waals surface area contributed by atoms with E-state index < -0.39 is 0 Å². The maximum Gasteiger partial charge on any atom is 0.306 e. The van der Waals surface area contributed by atoms with Crippen LogP contribution in [0.3, 0.4) is 0 Å². The second-order valence-corrected chi connectivity index (χ2v) is 7.51. The lowest BCUT2D eigenvalue weighted by Crippen LogP contribution is -2.12. The number of esters is 2. The van der Waals surface area contributed by atoms with Crippen LogP contribution >= 0.6 is 31.9 Å². The fourth-order valence-electron chi connectivity index (χ4n) is 1.52. The fourth-order valence-corrected chi connectivity index (χ4v) is 2.05. The third kappa shape index (κ3) is 13.3. The Kier molecular flexibility index (Phi) is 13.5. The van der Waals surface area contributed by atoms with E-state index in [0.717, 1.165) is 32.1 Å². The molecule has 0 saturated heterocycles. The van der Waals surface area contributed by atoms with Crippen molar-refractivity contribution >= 4 is 43.8 Å². The first kappa shape index (κ1) is 20.9. The van der Waals surface area contributed by atoms with Gasteiger partial charge in [-0.15, -0.1) is 0 Å². The summed E-state index contributed by atoms with van der Waals surface area (Å²) in [5.41, 5.74) is 0. The molecule has 0 fully saturated rings. The smallest absolute Gasteiger partial charge is 0.306 e. The van der Waals surface area contributed by atoms with Gasteiger partial charge in [0.15, 0.2) is 0 Å². The normalized spacial score (nSPS) is 13.5. The van der Waals surface area contributed by atoms with Crippen molar-refractivity contribution in [2.45, 2.75) is 68.4 Å². The minimum absolute atomic E-state index is 0.159. The van der Waals surface area contributed by atoms with E-state index in [-0.39, 0.29) is 21.6 Å². The number of halogens is 2. The molecule has 0 rings (SSSR count). The summed E-state index contributed by atoms with van der Waals surface area (Å²) >= 11 is 6.81. The van der Waals surface area contributed by atoms with Gasteiger partial charge in [-0.1, -0.05) is 45.7 Å². The quantitative estimate of drug-likeness (QED) is 0.262. The molecule has 0 saturated carbocycles. The molecule has 0 N–H and O–H groups in total. The summed E-state index contributed by atoms with van der Waals surface area (Å²) in [6.07, 6.45) is 5.15. The Morgan fingerprint density at radius 3 is 1.52 bits per heavy atom. The molecule has 4 nitrogen and oxygen atoms in total. The highest BCUT2D eigenvalue weighted by molar-refractivity contribution is 9.09. The molecule has 2 atom stereocenters. The molecule has 0 aromatic rings. The lowest BCUT2D eigenvalue weighted by Gasteiger charge is -2.08. The highest BCUT2D eigenvalue weighted by atomic mass is 79.9. The van der Waals surface area contributed by atoms with Crippen LogP contribution in [0.1, 0.15) is 58.8 Å².